The summed E-state index contributed by atoms with van der Waals surface area (Å²) >= 11 is 4.80. The number of nitro groups is 1. The second-order valence-electron chi connectivity index (χ2n) is 4.03. The molecule has 0 saturated heterocycles. The minimum atomic E-state index is -0.945. The normalized spacial score (nSPS) is 11.0. The van der Waals surface area contributed by atoms with Crippen molar-refractivity contribution >= 4 is 37.9 Å². The van der Waals surface area contributed by atoms with Crippen molar-refractivity contribution in [3.05, 3.63) is 51.4 Å². The van der Waals surface area contributed by atoms with E-state index in [0.29, 0.717) is 11.2 Å². The molecule has 108 valence electrons. The molecule has 0 N–H and O–H groups in total. The summed E-state index contributed by atoms with van der Waals surface area (Å²) in [5.74, 6) is -0.447. The third-order valence-electron chi connectivity index (χ3n) is 2.78. The van der Waals surface area contributed by atoms with Gasteiger partial charge in [-0.05, 0) is 6.07 Å². The maximum atomic E-state index is 13.6. The van der Waals surface area contributed by atoms with Gasteiger partial charge in [-0.1, -0.05) is 15.9 Å². The molecule has 6 nitrogen and oxygen atoms in total. The first-order valence-electron chi connectivity index (χ1n) is 5.72. The molecule has 0 unspecified atom stereocenters. The highest BCUT2D eigenvalue weighted by molar-refractivity contribution is 9.08. The van der Waals surface area contributed by atoms with Gasteiger partial charge in [0.1, 0.15) is 5.75 Å². The second-order valence-corrected chi connectivity index (χ2v) is 5.46. The predicted molar refractivity (Wildman–Crippen MR) is 78.8 cm³/mol. The first-order chi connectivity index (χ1) is 10.1. The van der Waals surface area contributed by atoms with Crippen LogP contribution in [-0.4, -0.2) is 14.3 Å². The molecule has 2 heterocycles. The van der Waals surface area contributed by atoms with Gasteiger partial charge in [-0.2, -0.15) is 9.37 Å². The van der Waals surface area contributed by atoms with Crippen LogP contribution in [-0.2, 0) is 5.33 Å². The number of fused-ring (bicyclic) bond motifs is 1. The summed E-state index contributed by atoms with van der Waals surface area (Å²) in [7, 11) is 0. The van der Waals surface area contributed by atoms with Crippen LogP contribution in [0, 0.1) is 15.9 Å². The summed E-state index contributed by atoms with van der Waals surface area (Å²) in [5, 5.41) is 13.0. The van der Waals surface area contributed by atoms with Crippen LogP contribution >= 0.6 is 27.3 Å². The minimum absolute atomic E-state index is 0.158. The van der Waals surface area contributed by atoms with Crippen LogP contribution in [0.1, 0.15) is 5.69 Å². The lowest BCUT2D eigenvalue weighted by Crippen LogP contribution is -1.94. The molecule has 0 fully saturated rings. The molecule has 0 radical (unpaired) electrons. The van der Waals surface area contributed by atoms with Crippen LogP contribution in [0.2, 0.25) is 0 Å². The van der Waals surface area contributed by atoms with Gasteiger partial charge in [0.25, 0.3) is 0 Å². The van der Waals surface area contributed by atoms with Gasteiger partial charge in [-0.15, -0.1) is 11.3 Å². The zero-order chi connectivity index (χ0) is 15.0. The highest BCUT2D eigenvalue weighted by Gasteiger charge is 2.17. The fourth-order valence-corrected chi connectivity index (χ4v) is 3.06. The third kappa shape index (κ3) is 2.49. The Kier molecular flexibility index (Phi) is 3.60. The van der Waals surface area contributed by atoms with Crippen LogP contribution in [0.4, 0.5) is 10.1 Å². The summed E-state index contributed by atoms with van der Waals surface area (Å²) in [6, 6.07) is 3.38. The van der Waals surface area contributed by atoms with Gasteiger partial charge in [0.2, 0.25) is 11.7 Å². The van der Waals surface area contributed by atoms with Crippen molar-refractivity contribution in [3.63, 3.8) is 0 Å². The van der Waals surface area contributed by atoms with Crippen LogP contribution in [0.15, 0.2) is 29.8 Å². The van der Waals surface area contributed by atoms with Crippen LogP contribution in [0.3, 0.4) is 0 Å². The highest BCUT2D eigenvalue weighted by Crippen LogP contribution is 2.31. The Balaban J connectivity index is 1.96. The lowest BCUT2D eigenvalue weighted by molar-refractivity contribution is -0.387. The van der Waals surface area contributed by atoms with Crippen molar-refractivity contribution in [1.29, 1.82) is 0 Å². The molecule has 0 aliphatic rings. The number of nitrogens with zero attached hydrogens (tertiary/aromatic N) is 3. The molecule has 0 amide bonds. The van der Waals surface area contributed by atoms with Crippen molar-refractivity contribution < 1.29 is 14.1 Å². The minimum Gasteiger partial charge on any atom is -0.437 e. The molecular formula is C12H7BrFN3O3S. The van der Waals surface area contributed by atoms with E-state index in [1.54, 1.807) is 0 Å². The maximum Gasteiger partial charge on any atom is 0.305 e. The zero-order valence-corrected chi connectivity index (χ0v) is 12.7. The number of benzene rings is 1. The fraction of sp³-hybridized carbons (Fsp3) is 0.0833. The van der Waals surface area contributed by atoms with Crippen LogP contribution in [0.25, 0.3) is 4.96 Å². The van der Waals surface area contributed by atoms with Crippen molar-refractivity contribution in [2.75, 3.05) is 0 Å². The molecule has 2 aromatic heterocycles. The van der Waals surface area contributed by atoms with Crippen LogP contribution < -0.4 is 4.74 Å². The van der Waals surface area contributed by atoms with E-state index < -0.39 is 16.4 Å². The SMILES string of the molecule is O=[N+]([O-])c1ccc(Oc2nc3sccn3c2CBr)cc1F. The number of hydrogen-bond donors (Lipinski definition) is 0. The Labute approximate surface area is 130 Å². The molecule has 3 aromatic rings. The predicted octanol–water partition coefficient (Wildman–Crippen LogP) is 4.13. The largest absolute Gasteiger partial charge is 0.437 e. The van der Waals surface area contributed by atoms with E-state index in [9.17, 15) is 14.5 Å². The number of thiazole rings is 1. The number of rotatable bonds is 4. The van der Waals surface area contributed by atoms with E-state index >= 15 is 0 Å². The van der Waals surface area contributed by atoms with Gasteiger partial charge in [0.15, 0.2) is 4.96 Å². The molecule has 0 bridgehead atoms. The van der Waals surface area contributed by atoms with Gasteiger partial charge in [0.05, 0.1) is 10.6 Å². The summed E-state index contributed by atoms with van der Waals surface area (Å²) < 4.78 is 21.0. The van der Waals surface area contributed by atoms with Crippen molar-refractivity contribution in [3.8, 4) is 11.6 Å². The van der Waals surface area contributed by atoms with E-state index in [1.165, 1.54) is 17.4 Å². The quantitative estimate of drug-likeness (QED) is 0.392. The summed E-state index contributed by atoms with van der Waals surface area (Å²) in [5.41, 5.74) is 0.193. The van der Waals surface area contributed by atoms with E-state index in [0.717, 1.165) is 22.8 Å². The van der Waals surface area contributed by atoms with Crippen molar-refractivity contribution in [2.24, 2.45) is 0 Å². The third-order valence-corrected chi connectivity index (χ3v) is 4.07. The molecule has 1 aromatic carbocycles. The van der Waals surface area contributed by atoms with Gasteiger partial charge < -0.3 is 4.74 Å². The lowest BCUT2D eigenvalue weighted by atomic mass is 10.3. The van der Waals surface area contributed by atoms with Gasteiger partial charge in [-0.25, -0.2) is 0 Å². The van der Waals surface area contributed by atoms with Crippen molar-refractivity contribution in [1.82, 2.24) is 9.38 Å². The monoisotopic (exact) mass is 371 g/mol. The number of imidazole rings is 1. The summed E-state index contributed by atoms with van der Waals surface area (Å²) in [4.78, 5) is 14.8. The maximum absolute atomic E-state index is 13.6. The Morgan fingerprint density at radius 1 is 1.52 bits per heavy atom. The first-order valence-corrected chi connectivity index (χ1v) is 7.72. The van der Waals surface area contributed by atoms with Gasteiger partial charge in [-0.3, -0.25) is 14.5 Å². The second kappa shape index (κ2) is 5.41. The molecule has 21 heavy (non-hydrogen) atoms. The Morgan fingerprint density at radius 2 is 2.33 bits per heavy atom. The number of ether oxygens (including phenoxy) is 1. The van der Waals surface area contributed by atoms with Gasteiger partial charge in [0, 0.05) is 29.0 Å². The zero-order valence-electron chi connectivity index (χ0n) is 10.3. The highest BCUT2D eigenvalue weighted by atomic mass is 79.9. The summed E-state index contributed by atoms with van der Waals surface area (Å²) in [6.07, 6.45) is 1.85. The molecule has 0 atom stereocenters. The number of halogens is 2. The van der Waals surface area contributed by atoms with Crippen molar-refractivity contribution in [2.45, 2.75) is 5.33 Å². The Hall–Kier alpha value is -2.00. The number of alkyl halides is 1. The molecule has 9 heteroatoms. The van der Waals surface area contributed by atoms with E-state index in [1.807, 2.05) is 16.0 Å². The smallest absolute Gasteiger partial charge is 0.305 e. The fourth-order valence-electron chi connectivity index (χ4n) is 1.83. The van der Waals surface area contributed by atoms with Crippen LogP contribution in [0.5, 0.6) is 11.6 Å². The lowest BCUT2D eigenvalue weighted by Gasteiger charge is -2.04. The molecule has 3 rings (SSSR count). The molecule has 0 spiro atoms. The average Bonchev–Trinajstić information content (AvgIpc) is 2.98. The van der Waals surface area contributed by atoms with E-state index in [4.69, 9.17) is 4.74 Å². The summed E-state index contributed by atoms with van der Waals surface area (Å²) in [6.45, 7) is 0. The number of hydrogen-bond acceptors (Lipinski definition) is 5. The average molecular weight is 372 g/mol. The Morgan fingerprint density at radius 3 is 3.00 bits per heavy atom. The topological polar surface area (TPSA) is 69.7 Å². The molecule has 0 aliphatic carbocycles. The molecule has 0 aliphatic heterocycles. The number of aromatic nitrogens is 2. The van der Waals surface area contributed by atoms with E-state index in [-0.39, 0.29) is 5.75 Å². The first kappa shape index (κ1) is 14.0. The molecular weight excluding hydrogens is 365 g/mol. The van der Waals surface area contributed by atoms with E-state index in [2.05, 4.69) is 20.9 Å². The number of nitro benzene ring substituents is 1. The molecule has 0 saturated carbocycles. The van der Waals surface area contributed by atoms with Gasteiger partial charge >= 0.3 is 5.69 Å². The Bertz CT molecular complexity index is 832. The standard InChI is InChI=1S/C12H7BrFN3O3S/c13-6-10-11(15-12-16(10)3-4-21-12)20-7-1-2-9(17(18)19)8(14)5-7/h1-5H,6H2.